The van der Waals surface area contributed by atoms with Crippen LogP contribution >= 0.6 is 12.6 Å². The van der Waals surface area contributed by atoms with Crippen molar-refractivity contribution in [3.05, 3.63) is 53.6 Å². The van der Waals surface area contributed by atoms with E-state index in [1.54, 1.807) is 11.1 Å². The molecule has 0 heterocycles. The van der Waals surface area contributed by atoms with Crippen LogP contribution in [0.15, 0.2) is 47.4 Å². The summed E-state index contributed by atoms with van der Waals surface area (Å²) < 4.78 is 0. The third-order valence-corrected chi connectivity index (χ3v) is 5.84. The summed E-state index contributed by atoms with van der Waals surface area (Å²) in [6, 6.07) is 15.5. The third-order valence-electron chi connectivity index (χ3n) is 5.57. The summed E-state index contributed by atoms with van der Waals surface area (Å²) in [7, 11) is 0. The van der Waals surface area contributed by atoms with Crippen molar-refractivity contribution in [2.75, 3.05) is 0 Å². The summed E-state index contributed by atoms with van der Waals surface area (Å²) in [6.45, 7) is 4.70. The van der Waals surface area contributed by atoms with E-state index in [-0.39, 0.29) is 0 Å². The Morgan fingerprint density at radius 3 is 2.38 bits per heavy atom. The lowest BCUT2D eigenvalue weighted by Crippen LogP contribution is -2.11. The van der Waals surface area contributed by atoms with Gasteiger partial charge in [0, 0.05) is 4.90 Å². The van der Waals surface area contributed by atoms with Crippen LogP contribution in [0, 0.1) is 0 Å². The molecular formula is C23H29S. The maximum absolute atomic E-state index is 5.28. The Kier molecular flexibility index (Phi) is 5.94. The van der Waals surface area contributed by atoms with Crippen molar-refractivity contribution >= 4 is 12.6 Å². The molecule has 1 aliphatic rings. The van der Waals surface area contributed by atoms with Crippen LogP contribution < -0.4 is 0 Å². The highest BCUT2D eigenvalue weighted by Gasteiger charge is 2.23. The molecule has 0 saturated heterocycles. The van der Waals surface area contributed by atoms with Crippen LogP contribution in [0.1, 0.15) is 81.8 Å². The minimum absolute atomic E-state index is 0.644. The summed E-state index contributed by atoms with van der Waals surface area (Å²) in [5, 5.41) is 0. The van der Waals surface area contributed by atoms with Crippen LogP contribution in [0.5, 0.6) is 0 Å². The van der Waals surface area contributed by atoms with E-state index in [1.165, 1.54) is 56.1 Å². The SMILES string of the molecule is CCCC(C)c1cccc(-c2ccc([S])cc2)c1C1CCCCC1. The zero-order valence-corrected chi connectivity index (χ0v) is 15.9. The Balaban J connectivity index is 2.09. The molecule has 1 unspecified atom stereocenters. The Morgan fingerprint density at radius 2 is 1.71 bits per heavy atom. The average molecular weight is 338 g/mol. The molecule has 1 aliphatic carbocycles. The predicted molar refractivity (Wildman–Crippen MR) is 107 cm³/mol. The number of rotatable bonds is 5. The van der Waals surface area contributed by atoms with Gasteiger partial charge >= 0.3 is 0 Å². The van der Waals surface area contributed by atoms with E-state index < -0.39 is 0 Å². The lowest BCUT2D eigenvalue weighted by atomic mass is 9.76. The molecule has 24 heavy (non-hydrogen) atoms. The maximum atomic E-state index is 5.28. The molecule has 0 N–H and O–H groups in total. The second kappa shape index (κ2) is 8.16. The maximum Gasteiger partial charge on any atom is 0.0377 e. The molecule has 0 bridgehead atoms. The molecular weight excluding hydrogens is 308 g/mol. The largest absolute Gasteiger partial charge is 0.0801 e. The summed E-state index contributed by atoms with van der Waals surface area (Å²) in [6.07, 6.45) is 9.39. The van der Waals surface area contributed by atoms with Crippen LogP contribution in [0.25, 0.3) is 11.1 Å². The van der Waals surface area contributed by atoms with Crippen molar-refractivity contribution in [2.24, 2.45) is 0 Å². The highest BCUT2D eigenvalue weighted by molar-refractivity contribution is 7.80. The highest BCUT2D eigenvalue weighted by Crippen LogP contribution is 2.42. The van der Waals surface area contributed by atoms with Crippen molar-refractivity contribution in [3.63, 3.8) is 0 Å². The van der Waals surface area contributed by atoms with E-state index in [0.717, 1.165) is 10.8 Å². The van der Waals surface area contributed by atoms with Crippen molar-refractivity contribution in [1.29, 1.82) is 0 Å². The van der Waals surface area contributed by atoms with E-state index in [1.807, 2.05) is 0 Å². The molecule has 2 aromatic carbocycles. The molecule has 2 aromatic rings. The monoisotopic (exact) mass is 337 g/mol. The lowest BCUT2D eigenvalue weighted by molar-refractivity contribution is 0.440. The molecule has 1 atom stereocenters. The first-order chi connectivity index (χ1) is 11.7. The topological polar surface area (TPSA) is 0 Å². The first-order valence-electron chi connectivity index (χ1n) is 9.61. The van der Waals surface area contributed by atoms with Gasteiger partial charge < -0.3 is 0 Å². The molecule has 1 heteroatoms. The molecule has 1 fully saturated rings. The minimum Gasteiger partial charge on any atom is -0.0801 e. The Morgan fingerprint density at radius 1 is 1.00 bits per heavy atom. The molecule has 0 aliphatic heterocycles. The minimum atomic E-state index is 0.644. The van der Waals surface area contributed by atoms with Gasteiger partial charge in [0.2, 0.25) is 0 Å². The van der Waals surface area contributed by atoms with Gasteiger partial charge in [0.1, 0.15) is 0 Å². The van der Waals surface area contributed by atoms with Crippen molar-refractivity contribution in [1.82, 2.24) is 0 Å². The van der Waals surface area contributed by atoms with Gasteiger partial charge in [-0.3, -0.25) is 0 Å². The summed E-state index contributed by atoms with van der Waals surface area (Å²) in [4.78, 5) is 0.925. The van der Waals surface area contributed by atoms with Crippen LogP contribution in [-0.4, -0.2) is 0 Å². The van der Waals surface area contributed by atoms with Crippen LogP contribution in [0.4, 0.5) is 0 Å². The fraction of sp³-hybridized carbons (Fsp3) is 0.478. The number of hydrogen-bond donors (Lipinski definition) is 0. The van der Waals surface area contributed by atoms with Gasteiger partial charge in [-0.25, -0.2) is 0 Å². The predicted octanol–water partition coefficient (Wildman–Crippen LogP) is 7.86. The number of hydrogen-bond acceptors (Lipinski definition) is 0. The van der Waals surface area contributed by atoms with Gasteiger partial charge in [-0.2, -0.15) is 0 Å². The van der Waals surface area contributed by atoms with E-state index in [2.05, 4.69) is 56.3 Å². The van der Waals surface area contributed by atoms with Gasteiger partial charge in [0.25, 0.3) is 0 Å². The fourth-order valence-electron chi connectivity index (χ4n) is 4.33. The zero-order chi connectivity index (χ0) is 16.9. The summed E-state index contributed by atoms with van der Waals surface area (Å²) in [5.74, 6) is 1.37. The van der Waals surface area contributed by atoms with E-state index in [4.69, 9.17) is 12.6 Å². The van der Waals surface area contributed by atoms with Crippen LogP contribution in [0.2, 0.25) is 0 Å². The molecule has 127 valence electrons. The second-order valence-corrected chi connectivity index (χ2v) is 7.83. The Bertz CT molecular complexity index is 650. The summed E-state index contributed by atoms with van der Waals surface area (Å²) >= 11 is 5.28. The van der Waals surface area contributed by atoms with Gasteiger partial charge in [0.15, 0.2) is 0 Å². The quantitative estimate of drug-likeness (QED) is 0.521. The standard InChI is InChI=1S/C23H29S/c1-3-8-17(2)21-11-7-12-22(18-13-15-20(24)16-14-18)23(21)19-9-5-4-6-10-19/h7,11-17,19H,3-6,8-10H2,1-2H3. The van der Waals surface area contributed by atoms with Gasteiger partial charge in [-0.1, -0.05) is 82.5 Å². The molecule has 0 aromatic heterocycles. The normalized spacial score (nSPS) is 16.9. The van der Waals surface area contributed by atoms with Crippen LogP contribution in [-0.2, 0) is 0 Å². The van der Waals surface area contributed by atoms with Crippen molar-refractivity contribution < 1.29 is 0 Å². The molecule has 3 rings (SSSR count). The fourth-order valence-corrected chi connectivity index (χ4v) is 4.47. The van der Waals surface area contributed by atoms with Crippen molar-refractivity contribution in [3.8, 4) is 11.1 Å². The molecule has 0 spiro atoms. The third kappa shape index (κ3) is 3.83. The lowest BCUT2D eigenvalue weighted by Gasteiger charge is -2.29. The van der Waals surface area contributed by atoms with Gasteiger partial charge in [0.05, 0.1) is 0 Å². The Labute approximate surface area is 153 Å². The van der Waals surface area contributed by atoms with E-state index >= 15 is 0 Å². The van der Waals surface area contributed by atoms with Crippen LogP contribution in [0.3, 0.4) is 0 Å². The summed E-state index contributed by atoms with van der Waals surface area (Å²) in [5.41, 5.74) is 5.99. The molecule has 1 saturated carbocycles. The van der Waals surface area contributed by atoms with Gasteiger partial charge in [-0.15, -0.1) is 0 Å². The first kappa shape index (κ1) is 17.5. The highest BCUT2D eigenvalue weighted by atomic mass is 32.1. The number of benzene rings is 2. The van der Waals surface area contributed by atoms with E-state index in [0.29, 0.717) is 5.92 Å². The zero-order valence-electron chi connectivity index (χ0n) is 15.1. The van der Waals surface area contributed by atoms with Crippen molar-refractivity contribution in [2.45, 2.75) is 75.5 Å². The molecule has 0 amide bonds. The Hall–Kier alpha value is -1.34. The first-order valence-corrected chi connectivity index (χ1v) is 10.0. The second-order valence-electron chi connectivity index (χ2n) is 7.36. The molecule has 0 nitrogen and oxygen atoms in total. The average Bonchev–Trinajstić information content (AvgIpc) is 2.63. The van der Waals surface area contributed by atoms with E-state index in [9.17, 15) is 0 Å². The van der Waals surface area contributed by atoms with Gasteiger partial charge in [-0.05, 0) is 65.5 Å². The molecule has 1 radical (unpaired) electrons. The smallest absolute Gasteiger partial charge is 0.0377 e.